The van der Waals surface area contributed by atoms with Gasteiger partial charge in [0.2, 0.25) is 0 Å². The van der Waals surface area contributed by atoms with Crippen LogP contribution in [0.25, 0.3) is 0 Å². The van der Waals surface area contributed by atoms with Crippen LogP contribution >= 0.6 is 0 Å². The molecule has 0 atom stereocenters. The van der Waals surface area contributed by atoms with Crippen LogP contribution in [0.2, 0.25) is 0 Å². The molecular weight excluding hydrogens is 258 g/mol. The fourth-order valence-electron chi connectivity index (χ4n) is 2.49. The van der Waals surface area contributed by atoms with Crippen molar-refractivity contribution in [2.75, 3.05) is 13.1 Å². The van der Waals surface area contributed by atoms with E-state index in [4.69, 9.17) is 5.11 Å². The van der Waals surface area contributed by atoms with Crippen LogP contribution in [-0.4, -0.2) is 45.2 Å². The highest BCUT2D eigenvalue weighted by atomic mass is 16.4. The number of nitrogens with zero attached hydrogens (tertiary/aromatic N) is 2. The number of carboxylic acid groups (broad SMARTS) is 1. The third kappa shape index (κ3) is 3.37. The molecule has 0 radical (unpaired) electrons. The summed E-state index contributed by atoms with van der Waals surface area (Å²) in [5.74, 6) is -0.335. The summed E-state index contributed by atoms with van der Waals surface area (Å²) in [5.41, 5.74) is 1.40. The molecule has 1 fully saturated rings. The fourth-order valence-corrected chi connectivity index (χ4v) is 2.49. The Hall–Kier alpha value is -1.85. The van der Waals surface area contributed by atoms with Gasteiger partial charge in [-0.2, -0.15) is 5.10 Å². The van der Waals surface area contributed by atoms with Crippen molar-refractivity contribution < 1.29 is 14.7 Å². The van der Waals surface area contributed by atoms with Crippen molar-refractivity contribution in [1.82, 2.24) is 15.1 Å². The first kappa shape index (κ1) is 14.6. The molecule has 2 rings (SSSR count). The van der Waals surface area contributed by atoms with Gasteiger partial charge in [0, 0.05) is 25.2 Å². The van der Waals surface area contributed by atoms with Crippen LogP contribution in [0.4, 0.5) is 0 Å². The minimum atomic E-state index is -0.761. The quantitative estimate of drug-likeness (QED) is 0.880. The molecule has 0 spiro atoms. The lowest BCUT2D eigenvalue weighted by Gasteiger charge is -2.30. The maximum absolute atomic E-state index is 12.3. The summed E-state index contributed by atoms with van der Waals surface area (Å²) in [7, 11) is 0. The Labute approximate surface area is 118 Å². The number of aromatic nitrogens is 2. The number of hydrogen-bond acceptors (Lipinski definition) is 3. The maximum atomic E-state index is 12.3. The first-order valence-corrected chi connectivity index (χ1v) is 7.03. The molecule has 0 bridgehead atoms. The van der Waals surface area contributed by atoms with Gasteiger partial charge in [-0.1, -0.05) is 13.8 Å². The van der Waals surface area contributed by atoms with Crippen LogP contribution in [0.5, 0.6) is 0 Å². The van der Waals surface area contributed by atoms with E-state index in [2.05, 4.69) is 10.2 Å². The zero-order chi connectivity index (χ0) is 14.7. The molecule has 110 valence electrons. The summed E-state index contributed by atoms with van der Waals surface area (Å²) in [6.45, 7) is 5.31. The number of aliphatic carboxylic acids is 1. The second kappa shape index (κ2) is 6.07. The van der Waals surface area contributed by atoms with Gasteiger partial charge in [-0.3, -0.25) is 14.7 Å². The molecule has 0 aliphatic carbocycles. The third-order valence-corrected chi connectivity index (χ3v) is 3.80. The number of piperidine rings is 1. The summed E-state index contributed by atoms with van der Waals surface area (Å²) >= 11 is 0. The van der Waals surface area contributed by atoms with Crippen molar-refractivity contribution in [2.45, 2.75) is 39.0 Å². The molecule has 20 heavy (non-hydrogen) atoms. The molecule has 0 saturated carbocycles. The maximum Gasteiger partial charge on any atom is 0.303 e. The van der Waals surface area contributed by atoms with E-state index in [-0.39, 0.29) is 18.2 Å². The normalized spacial score (nSPS) is 16.6. The molecule has 1 aliphatic heterocycles. The van der Waals surface area contributed by atoms with Crippen LogP contribution in [0.3, 0.4) is 0 Å². The standard InChI is InChI=1S/C14H21N3O3/c1-9(2)11-8-12(16-15-11)14(20)17-5-3-10(4-6-17)7-13(18)19/h8-10H,3-7H2,1-2H3,(H,15,16)(H,18,19). The Balaban J connectivity index is 1.92. The van der Waals surface area contributed by atoms with Gasteiger partial charge in [-0.05, 0) is 30.7 Å². The Morgan fingerprint density at radius 2 is 2.10 bits per heavy atom. The number of amides is 1. The SMILES string of the molecule is CC(C)c1cc(C(=O)N2CCC(CC(=O)O)CC2)n[nH]1. The summed E-state index contributed by atoms with van der Waals surface area (Å²) < 4.78 is 0. The van der Waals surface area contributed by atoms with Gasteiger partial charge in [0.15, 0.2) is 0 Å². The number of nitrogens with one attached hydrogen (secondary N) is 1. The first-order chi connectivity index (χ1) is 9.47. The number of carbonyl (C=O) groups is 2. The van der Waals surface area contributed by atoms with Crippen LogP contribution in [0.1, 0.15) is 55.2 Å². The number of carbonyl (C=O) groups excluding carboxylic acids is 1. The van der Waals surface area contributed by atoms with E-state index in [1.165, 1.54) is 0 Å². The second-order valence-corrected chi connectivity index (χ2v) is 5.70. The predicted octanol–water partition coefficient (Wildman–Crippen LogP) is 1.86. The van der Waals surface area contributed by atoms with Gasteiger partial charge in [0.05, 0.1) is 0 Å². The molecule has 1 saturated heterocycles. The van der Waals surface area contributed by atoms with Gasteiger partial charge in [-0.25, -0.2) is 0 Å². The van der Waals surface area contributed by atoms with Crippen LogP contribution in [0, 0.1) is 5.92 Å². The van der Waals surface area contributed by atoms with Crippen molar-refractivity contribution in [1.29, 1.82) is 0 Å². The summed E-state index contributed by atoms with van der Waals surface area (Å²) in [6.07, 6.45) is 1.70. The lowest BCUT2D eigenvalue weighted by molar-refractivity contribution is -0.138. The molecule has 1 aromatic heterocycles. The Morgan fingerprint density at radius 1 is 1.45 bits per heavy atom. The molecule has 2 heterocycles. The van der Waals surface area contributed by atoms with E-state index >= 15 is 0 Å². The van der Waals surface area contributed by atoms with Gasteiger partial charge in [0.25, 0.3) is 5.91 Å². The highest BCUT2D eigenvalue weighted by Gasteiger charge is 2.26. The molecule has 1 amide bonds. The largest absolute Gasteiger partial charge is 0.481 e. The Kier molecular flexibility index (Phi) is 4.42. The van der Waals surface area contributed by atoms with Gasteiger partial charge < -0.3 is 10.0 Å². The van der Waals surface area contributed by atoms with Crippen LogP contribution in [-0.2, 0) is 4.79 Å². The van der Waals surface area contributed by atoms with Gasteiger partial charge in [0.1, 0.15) is 5.69 Å². The zero-order valence-corrected chi connectivity index (χ0v) is 11.9. The van der Waals surface area contributed by atoms with Crippen molar-refractivity contribution in [3.8, 4) is 0 Å². The number of aromatic amines is 1. The Morgan fingerprint density at radius 3 is 2.60 bits per heavy atom. The summed E-state index contributed by atoms with van der Waals surface area (Å²) in [5, 5.41) is 15.7. The monoisotopic (exact) mass is 279 g/mol. The number of hydrogen-bond donors (Lipinski definition) is 2. The highest BCUT2D eigenvalue weighted by molar-refractivity contribution is 5.92. The highest BCUT2D eigenvalue weighted by Crippen LogP contribution is 2.22. The van der Waals surface area contributed by atoms with Crippen molar-refractivity contribution in [2.24, 2.45) is 5.92 Å². The second-order valence-electron chi connectivity index (χ2n) is 5.70. The number of H-pyrrole nitrogens is 1. The van der Waals surface area contributed by atoms with Crippen LogP contribution < -0.4 is 0 Å². The average Bonchev–Trinajstić information content (AvgIpc) is 2.88. The summed E-state index contributed by atoms with van der Waals surface area (Å²) in [4.78, 5) is 24.7. The van der Waals surface area contributed by atoms with E-state index in [1.807, 2.05) is 13.8 Å². The van der Waals surface area contributed by atoms with Gasteiger partial charge in [-0.15, -0.1) is 0 Å². The molecule has 0 aromatic carbocycles. The molecule has 6 nitrogen and oxygen atoms in total. The zero-order valence-electron chi connectivity index (χ0n) is 11.9. The number of carboxylic acids is 1. The first-order valence-electron chi connectivity index (χ1n) is 7.03. The fraction of sp³-hybridized carbons (Fsp3) is 0.643. The molecule has 2 N–H and O–H groups in total. The number of likely N-dealkylation sites (tertiary alicyclic amines) is 1. The molecule has 6 heteroatoms. The van der Waals surface area contributed by atoms with E-state index in [0.29, 0.717) is 24.7 Å². The topological polar surface area (TPSA) is 86.3 Å². The number of rotatable bonds is 4. The molecule has 1 aromatic rings. The summed E-state index contributed by atoms with van der Waals surface area (Å²) in [6, 6.07) is 1.80. The Bertz CT molecular complexity index is 488. The van der Waals surface area contributed by atoms with E-state index < -0.39 is 5.97 Å². The van der Waals surface area contributed by atoms with Crippen LogP contribution in [0.15, 0.2) is 6.07 Å². The smallest absolute Gasteiger partial charge is 0.303 e. The molecular formula is C14H21N3O3. The molecule has 1 aliphatic rings. The van der Waals surface area contributed by atoms with E-state index in [0.717, 1.165) is 18.5 Å². The van der Waals surface area contributed by atoms with Crippen molar-refractivity contribution in [3.63, 3.8) is 0 Å². The van der Waals surface area contributed by atoms with Crippen molar-refractivity contribution in [3.05, 3.63) is 17.5 Å². The minimum Gasteiger partial charge on any atom is -0.481 e. The lowest BCUT2D eigenvalue weighted by Crippen LogP contribution is -2.39. The van der Waals surface area contributed by atoms with E-state index in [1.54, 1.807) is 11.0 Å². The third-order valence-electron chi connectivity index (χ3n) is 3.80. The lowest BCUT2D eigenvalue weighted by atomic mass is 9.93. The molecule has 0 unspecified atom stereocenters. The minimum absolute atomic E-state index is 0.0677. The predicted molar refractivity (Wildman–Crippen MR) is 73.6 cm³/mol. The van der Waals surface area contributed by atoms with E-state index in [9.17, 15) is 9.59 Å². The van der Waals surface area contributed by atoms with Gasteiger partial charge >= 0.3 is 5.97 Å². The van der Waals surface area contributed by atoms with Crippen molar-refractivity contribution >= 4 is 11.9 Å². The average molecular weight is 279 g/mol.